The maximum Gasteiger partial charge on any atom is 0.119 e. The van der Waals surface area contributed by atoms with Crippen LogP contribution in [0.2, 0.25) is 0 Å². The van der Waals surface area contributed by atoms with E-state index in [1.807, 2.05) is 6.07 Å². The summed E-state index contributed by atoms with van der Waals surface area (Å²) in [6.07, 6.45) is 6.47. The number of nitrogens with two attached hydrogens (primary N) is 1. The van der Waals surface area contributed by atoms with Gasteiger partial charge in [-0.25, -0.2) is 0 Å². The first-order valence-corrected chi connectivity index (χ1v) is 8.24. The molecule has 0 aliphatic heterocycles. The van der Waals surface area contributed by atoms with Gasteiger partial charge in [-0.3, -0.25) is 0 Å². The SMILES string of the molecule is CCC(N)C(SC1CCCC1)c1cccc(OC)c1. The maximum atomic E-state index is 6.36. The molecule has 2 atom stereocenters. The number of hydrogen-bond donors (Lipinski definition) is 1. The Kier molecular flexibility index (Phi) is 5.59. The third kappa shape index (κ3) is 3.90. The average molecular weight is 279 g/mol. The number of methoxy groups -OCH3 is 1. The van der Waals surface area contributed by atoms with Gasteiger partial charge in [0, 0.05) is 16.5 Å². The van der Waals surface area contributed by atoms with Crippen molar-refractivity contribution in [3.05, 3.63) is 29.8 Å². The predicted octanol–water partition coefficient (Wildman–Crippen LogP) is 4.15. The van der Waals surface area contributed by atoms with Crippen LogP contribution in [0.25, 0.3) is 0 Å². The van der Waals surface area contributed by atoms with Crippen LogP contribution >= 0.6 is 11.8 Å². The van der Waals surface area contributed by atoms with Crippen LogP contribution in [-0.4, -0.2) is 18.4 Å². The molecule has 1 fully saturated rings. The molecule has 1 saturated carbocycles. The van der Waals surface area contributed by atoms with Gasteiger partial charge in [0.15, 0.2) is 0 Å². The molecule has 0 radical (unpaired) electrons. The van der Waals surface area contributed by atoms with E-state index in [2.05, 4.69) is 36.9 Å². The second kappa shape index (κ2) is 7.20. The first-order valence-electron chi connectivity index (χ1n) is 7.29. The maximum absolute atomic E-state index is 6.36. The number of rotatable bonds is 6. The second-order valence-electron chi connectivity index (χ2n) is 5.31. The monoisotopic (exact) mass is 279 g/mol. The minimum atomic E-state index is 0.220. The van der Waals surface area contributed by atoms with E-state index in [1.54, 1.807) is 7.11 Å². The summed E-state index contributed by atoms with van der Waals surface area (Å²) < 4.78 is 5.34. The third-order valence-corrected chi connectivity index (χ3v) is 5.70. The van der Waals surface area contributed by atoms with Crippen molar-refractivity contribution in [1.82, 2.24) is 0 Å². The summed E-state index contributed by atoms with van der Waals surface area (Å²) in [6, 6.07) is 8.61. The van der Waals surface area contributed by atoms with Crippen LogP contribution in [0, 0.1) is 0 Å². The summed E-state index contributed by atoms with van der Waals surface area (Å²) >= 11 is 2.08. The number of benzene rings is 1. The summed E-state index contributed by atoms with van der Waals surface area (Å²) in [5, 5.41) is 1.18. The molecule has 0 amide bonds. The van der Waals surface area contributed by atoms with Crippen molar-refractivity contribution in [2.24, 2.45) is 5.73 Å². The Morgan fingerprint density at radius 2 is 2.11 bits per heavy atom. The first-order chi connectivity index (χ1) is 9.24. The van der Waals surface area contributed by atoms with Crippen molar-refractivity contribution in [3.8, 4) is 5.75 Å². The fraction of sp³-hybridized carbons (Fsp3) is 0.625. The quantitative estimate of drug-likeness (QED) is 0.849. The van der Waals surface area contributed by atoms with Crippen LogP contribution in [0.15, 0.2) is 24.3 Å². The Balaban J connectivity index is 2.15. The van der Waals surface area contributed by atoms with E-state index < -0.39 is 0 Å². The van der Waals surface area contributed by atoms with E-state index in [4.69, 9.17) is 10.5 Å². The van der Waals surface area contributed by atoms with Gasteiger partial charge >= 0.3 is 0 Å². The highest BCUT2D eigenvalue weighted by Crippen LogP contribution is 2.42. The molecule has 0 bridgehead atoms. The molecule has 2 nitrogen and oxygen atoms in total. The van der Waals surface area contributed by atoms with Crippen molar-refractivity contribution in [2.45, 2.75) is 55.6 Å². The molecule has 1 aliphatic carbocycles. The molecule has 0 heterocycles. The van der Waals surface area contributed by atoms with Gasteiger partial charge in [0.05, 0.1) is 7.11 Å². The lowest BCUT2D eigenvalue weighted by Crippen LogP contribution is -2.27. The average Bonchev–Trinajstić information content (AvgIpc) is 2.97. The standard InChI is InChI=1S/C16H25NOS/c1-3-15(17)16(19-14-9-4-5-10-14)12-7-6-8-13(11-12)18-2/h6-8,11,14-16H,3-5,9-10,17H2,1-2H3. The summed E-state index contributed by atoms with van der Waals surface area (Å²) in [7, 11) is 1.72. The van der Waals surface area contributed by atoms with E-state index >= 15 is 0 Å². The lowest BCUT2D eigenvalue weighted by molar-refractivity contribution is 0.414. The Bertz CT molecular complexity index is 390. The van der Waals surface area contributed by atoms with Crippen molar-refractivity contribution >= 4 is 11.8 Å². The van der Waals surface area contributed by atoms with Gasteiger partial charge in [-0.15, -0.1) is 11.8 Å². The van der Waals surface area contributed by atoms with Gasteiger partial charge in [0.2, 0.25) is 0 Å². The normalized spacial score (nSPS) is 19.3. The Morgan fingerprint density at radius 1 is 1.37 bits per heavy atom. The highest BCUT2D eigenvalue weighted by atomic mass is 32.2. The zero-order valence-corrected chi connectivity index (χ0v) is 12.8. The lowest BCUT2D eigenvalue weighted by atomic mass is 10.0. The molecule has 1 aliphatic rings. The largest absolute Gasteiger partial charge is 0.497 e. The topological polar surface area (TPSA) is 35.2 Å². The van der Waals surface area contributed by atoms with Crippen LogP contribution in [0.3, 0.4) is 0 Å². The van der Waals surface area contributed by atoms with Crippen LogP contribution in [0.5, 0.6) is 5.75 Å². The zero-order valence-electron chi connectivity index (χ0n) is 12.0. The van der Waals surface area contributed by atoms with Gasteiger partial charge in [0.1, 0.15) is 5.75 Å². The number of thioether (sulfide) groups is 1. The van der Waals surface area contributed by atoms with Gasteiger partial charge in [-0.2, -0.15) is 0 Å². The zero-order chi connectivity index (χ0) is 13.7. The number of ether oxygens (including phenoxy) is 1. The van der Waals surface area contributed by atoms with Gasteiger partial charge in [-0.1, -0.05) is 31.9 Å². The summed E-state index contributed by atoms with van der Waals surface area (Å²) in [5.41, 5.74) is 7.67. The molecular formula is C16H25NOS. The van der Waals surface area contributed by atoms with E-state index in [-0.39, 0.29) is 6.04 Å². The van der Waals surface area contributed by atoms with Gasteiger partial charge in [0.25, 0.3) is 0 Å². The highest BCUT2D eigenvalue weighted by molar-refractivity contribution is 8.00. The van der Waals surface area contributed by atoms with Gasteiger partial charge in [-0.05, 0) is 37.0 Å². The fourth-order valence-electron chi connectivity index (χ4n) is 2.69. The molecule has 0 spiro atoms. The smallest absolute Gasteiger partial charge is 0.119 e. The van der Waals surface area contributed by atoms with E-state index in [0.29, 0.717) is 5.25 Å². The molecular weight excluding hydrogens is 254 g/mol. The lowest BCUT2D eigenvalue weighted by Gasteiger charge is -2.26. The highest BCUT2D eigenvalue weighted by Gasteiger charge is 2.25. The van der Waals surface area contributed by atoms with Crippen molar-refractivity contribution < 1.29 is 4.74 Å². The summed E-state index contributed by atoms with van der Waals surface area (Å²) in [4.78, 5) is 0. The Hall–Kier alpha value is -0.670. The van der Waals surface area contributed by atoms with Crippen LogP contribution in [0.4, 0.5) is 0 Å². The molecule has 3 heteroatoms. The molecule has 106 valence electrons. The molecule has 1 aromatic carbocycles. The molecule has 1 aromatic rings. The second-order valence-corrected chi connectivity index (χ2v) is 6.76. The fourth-order valence-corrected chi connectivity index (χ4v) is 4.41. The van der Waals surface area contributed by atoms with E-state index in [0.717, 1.165) is 17.4 Å². The molecule has 2 N–H and O–H groups in total. The molecule has 19 heavy (non-hydrogen) atoms. The molecule has 0 saturated heterocycles. The van der Waals surface area contributed by atoms with Gasteiger partial charge < -0.3 is 10.5 Å². The Labute approximate surface area is 121 Å². The minimum Gasteiger partial charge on any atom is -0.497 e. The molecule has 2 unspecified atom stereocenters. The minimum absolute atomic E-state index is 0.220. The van der Waals surface area contributed by atoms with E-state index in [9.17, 15) is 0 Å². The van der Waals surface area contributed by atoms with E-state index in [1.165, 1.54) is 31.2 Å². The third-order valence-electron chi connectivity index (χ3n) is 3.92. The van der Waals surface area contributed by atoms with Crippen molar-refractivity contribution in [1.29, 1.82) is 0 Å². The van der Waals surface area contributed by atoms with Crippen LogP contribution in [-0.2, 0) is 0 Å². The Morgan fingerprint density at radius 3 is 2.74 bits per heavy atom. The van der Waals surface area contributed by atoms with Crippen LogP contribution < -0.4 is 10.5 Å². The summed E-state index contributed by atoms with van der Waals surface area (Å²) in [5.74, 6) is 0.929. The summed E-state index contributed by atoms with van der Waals surface area (Å²) in [6.45, 7) is 2.17. The molecule has 0 aromatic heterocycles. The molecule has 2 rings (SSSR count). The predicted molar refractivity (Wildman–Crippen MR) is 83.8 cm³/mol. The van der Waals surface area contributed by atoms with Crippen LogP contribution in [0.1, 0.15) is 49.8 Å². The first kappa shape index (κ1) is 14.7. The van der Waals surface area contributed by atoms with Crippen molar-refractivity contribution in [2.75, 3.05) is 7.11 Å². The number of hydrogen-bond acceptors (Lipinski definition) is 3. The van der Waals surface area contributed by atoms with Crippen molar-refractivity contribution in [3.63, 3.8) is 0 Å².